The predicted octanol–water partition coefficient (Wildman–Crippen LogP) is 3.24. The lowest BCUT2D eigenvalue weighted by Gasteiger charge is -2.09. The predicted molar refractivity (Wildman–Crippen MR) is 88.8 cm³/mol. The van der Waals surface area contributed by atoms with E-state index in [0.29, 0.717) is 23.8 Å². The summed E-state index contributed by atoms with van der Waals surface area (Å²) in [5.74, 6) is 0.326. The molecule has 0 aliphatic rings. The van der Waals surface area contributed by atoms with Gasteiger partial charge in [-0.05, 0) is 48.9 Å². The van der Waals surface area contributed by atoms with Gasteiger partial charge in [0.25, 0.3) is 0 Å². The standard InChI is InChI=1S/C17H18N2O4/c1-3-23-15-8-7-12(9-16(15)22-2)11-18-19-14-6-4-5-13(10-14)17(20)21/h4-11,19H,3H2,1-2H3,(H,20,21). The summed E-state index contributed by atoms with van der Waals surface area (Å²) in [5, 5.41) is 13.0. The highest BCUT2D eigenvalue weighted by molar-refractivity contribution is 5.89. The summed E-state index contributed by atoms with van der Waals surface area (Å²) in [6, 6.07) is 11.9. The first kappa shape index (κ1) is 16.4. The zero-order valence-corrected chi connectivity index (χ0v) is 12.9. The number of ether oxygens (including phenoxy) is 2. The molecule has 0 aliphatic heterocycles. The number of rotatable bonds is 7. The van der Waals surface area contributed by atoms with Gasteiger partial charge in [0.2, 0.25) is 0 Å². The van der Waals surface area contributed by atoms with Gasteiger partial charge in [-0.2, -0.15) is 5.10 Å². The van der Waals surface area contributed by atoms with Gasteiger partial charge in [0.05, 0.1) is 31.2 Å². The van der Waals surface area contributed by atoms with Crippen molar-refractivity contribution in [3.8, 4) is 11.5 Å². The summed E-state index contributed by atoms with van der Waals surface area (Å²) in [5.41, 5.74) is 4.42. The molecule has 2 aromatic rings. The van der Waals surface area contributed by atoms with Gasteiger partial charge < -0.3 is 14.6 Å². The maximum Gasteiger partial charge on any atom is 0.335 e. The van der Waals surface area contributed by atoms with Gasteiger partial charge in [-0.3, -0.25) is 5.43 Å². The summed E-state index contributed by atoms with van der Waals surface area (Å²) in [4.78, 5) is 10.9. The molecule has 2 aromatic carbocycles. The van der Waals surface area contributed by atoms with Crippen molar-refractivity contribution in [3.05, 3.63) is 53.6 Å². The van der Waals surface area contributed by atoms with Crippen molar-refractivity contribution in [2.45, 2.75) is 6.92 Å². The Kier molecular flexibility index (Phi) is 5.57. The fourth-order valence-corrected chi connectivity index (χ4v) is 1.94. The summed E-state index contributed by atoms with van der Waals surface area (Å²) in [6.45, 7) is 2.47. The van der Waals surface area contributed by atoms with Gasteiger partial charge in [-0.25, -0.2) is 4.79 Å². The minimum absolute atomic E-state index is 0.202. The van der Waals surface area contributed by atoms with Gasteiger partial charge in [-0.1, -0.05) is 6.07 Å². The number of hydrogen-bond donors (Lipinski definition) is 2. The Morgan fingerprint density at radius 2 is 2.09 bits per heavy atom. The van der Waals surface area contributed by atoms with Crippen LogP contribution in [-0.2, 0) is 0 Å². The molecule has 0 atom stereocenters. The number of nitrogens with zero attached hydrogens (tertiary/aromatic N) is 1. The van der Waals surface area contributed by atoms with E-state index in [1.807, 2.05) is 25.1 Å². The van der Waals surface area contributed by atoms with Crippen LogP contribution in [0.2, 0.25) is 0 Å². The molecule has 6 heteroatoms. The molecule has 23 heavy (non-hydrogen) atoms. The summed E-state index contributed by atoms with van der Waals surface area (Å²) in [7, 11) is 1.58. The van der Waals surface area contributed by atoms with Crippen molar-refractivity contribution in [1.29, 1.82) is 0 Å². The topological polar surface area (TPSA) is 80.2 Å². The third kappa shape index (κ3) is 4.47. The minimum atomic E-state index is -0.978. The molecule has 0 saturated heterocycles. The monoisotopic (exact) mass is 314 g/mol. The Hall–Kier alpha value is -3.02. The Morgan fingerprint density at radius 3 is 2.78 bits per heavy atom. The number of hydrazone groups is 1. The highest BCUT2D eigenvalue weighted by atomic mass is 16.5. The third-order valence-corrected chi connectivity index (χ3v) is 3.00. The van der Waals surface area contributed by atoms with E-state index in [1.54, 1.807) is 25.5 Å². The number of methoxy groups -OCH3 is 1. The lowest BCUT2D eigenvalue weighted by molar-refractivity contribution is 0.0697. The number of nitrogens with one attached hydrogen (secondary N) is 1. The molecule has 0 spiro atoms. The lowest BCUT2D eigenvalue weighted by Crippen LogP contribution is -1.98. The molecule has 2 N–H and O–H groups in total. The maximum atomic E-state index is 10.9. The van der Waals surface area contributed by atoms with Crippen molar-refractivity contribution in [2.75, 3.05) is 19.1 Å². The van der Waals surface area contributed by atoms with Crippen LogP contribution in [0, 0.1) is 0 Å². The van der Waals surface area contributed by atoms with Crippen molar-refractivity contribution in [2.24, 2.45) is 5.10 Å². The van der Waals surface area contributed by atoms with Crippen LogP contribution in [-0.4, -0.2) is 31.0 Å². The third-order valence-electron chi connectivity index (χ3n) is 3.00. The number of hydrogen-bond acceptors (Lipinski definition) is 5. The van der Waals surface area contributed by atoms with E-state index in [0.717, 1.165) is 5.56 Å². The van der Waals surface area contributed by atoms with Crippen molar-refractivity contribution in [3.63, 3.8) is 0 Å². The number of carboxylic acids is 1. The lowest BCUT2D eigenvalue weighted by atomic mass is 10.2. The van der Waals surface area contributed by atoms with E-state index < -0.39 is 5.97 Å². The Bertz CT molecular complexity index is 713. The first-order valence-corrected chi connectivity index (χ1v) is 7.07. The van der Waals surface area contributed by atoms with E-state index in [1.165, 1.54) is 12.1 Å². The molecule has 0 heterocycles. The van der Waals surface area contributed by atoms with Crippen LogP contribution in [0.15, 0.2) is 47.6 Å². The average Bonchev–Trinajstić information content (AvgIpc) is 2.56. The highest BCUT2D eigenvalue weighted by Crippen LogP contribution is 2.27. The molecule has 0 fully saturated rings. The molecule has 0 unspecified atom stereocenters. The number of carbonyl (C=O) groups is 1. The first-order chi connectivity index (χ1) is 11.1. The van der Waals surface area contributed by atoms with E-state index in [9.17, 15) is 4.79 Å². The van der Waals surface area contributed by atoms with Crippen molar-refractivity contribution < 1.29 is 19.4 Å². The second kappa shape index (κ2) is 7.84. The van der Waals surface area contributed by atoms with Crippen LogP contribution in [0.5, 0.6) is 11.5 Å². The molecule has 0 aliphatic carbocycles. The van der Waals surface area contributed by atoms with Crippen LogP contribution in [0.4, 0.5) is 5.69 Å². The van der Waals surface area contributed by atoms with E-state index >= 15 is 0 Å². The molecule has 120 valence electrons. The van der Waals surface area contributed by atoms with Crippen molar-refractivity contribution in [1.82, 2.24) is 0 Å². The summed E-state index contributed by atoms with van der Waals surface area (Å²) in [6.07, 6.45) is 1.62. The van der Waals surface area contributed by atoms with Crippen LogP contribution < -0.4 is 14.9 Å². The molecule has 0 radical (unpaired) electrons. The molecular formula is C17H18N2O4. The molecular weight excluding hydrogens is 296 g/mol. The normalized spacial score (nSPS) is 10.5. The zero-order chi connectivity index (χ0) is 16.7. The molecule has 0 amide bonds. The van der Waals surface area contributed by atoms with Gasteiger partial charge >= 0.3 is 5.97 Å². The average molecular weight is 314 g/mol. The van der Waals surface area contributed by atoms with Crippen LogP contribution in [0.1, 0.15) is 22.8 Å². The zero-order valence-electron chi connectivity index (χ0n) is 12.9. The second-order valence-electron chi connectivity index (χ2n) is 4.60. The highest BCUT2D eigenvalue weighted by Gasteiger charge is 2.04. The van der Waals surface area contributed by atoms with Crippen LogP contribution >= 0.6 is 0 Å². The second-order valence-corrected chi connectivity index (χ2v) is 4.60. The quantitative estimate of drug-likeness (QED) is 0.606. The van der Waals surface area contributed by atoms with Crippen molar-refractivity contribution >= 4 is 17.9 Å². The van der Waals surface area contributed by atoms with E-state index in [4.69, 9.17) is 14.6 Å². The fraction of sp³-hybridized carbons (Fsp3) is 0.176. The number of benzene rings is 2. The van der Waals surface area contributed by atoms with Crippen LogP contribution in [0.25, 0.3) is 0 Å². The number of anilines is 1. The van der Waals surface area contributed by atoms with Gasteiger partial charge in [-0.15, -0.1) is 0 Å². The smallest absolute Gasteiger partial charge is 0.335 e. The molecule has 0 saturated carbocycles. The SMILES string of the molecule is CCOc1ccc(C=NNc2cccc(C(=O)O)c2)cc1OC. The summed E-state index contributed by atoms with van der Waals surface area (Å²) >= 11 is 0. The molecule has 6 nitrogen and oxygen atoms in total. The molecule has 0 aromatic heterocycles. The Labute approximate surface area is 134 Å². The summed E-state index contributed by atoms with van der Waals surface area (Å²) < 4.78 is 10.7. The van der Waals surface area contributed by atoms with E-state index in [2.05, 4.69) is 10.5 Å². The van der Waals surface area contributed by atoms with E-state index in [-0.39, 0.29) is 5.56 Å². The number of aromatic carboxylic acids is 1. The first-order valence-electron chi connectivity index (χ1n) is 7.07. The largest absolute Gasteiger partial charge is 0.493 e. The van der Waals surface area contributed by atoms with Gasteiger partial charge in [0.1, 0.15) is 0 Å². The molecule has 2 rings (SSSR count). The fourth-order valence-electron chi connectivity index (χ4n) is 1.94. The maximum absolute atomic E-state index is 10.9. The minimum Gasteiger partial charge on any atom is -0.493 e. The Balaban J connectivity index is 2.08. The molecule has 0 bridgehead atoms. The number of carboxylic acid groups (broad SMARTS) is 1. The van der Waals surface area contributed by atoms with Crippen LogP contribution in [0.3, 0.4) is 0 Å². The Morgan fingerprint density at radius 1 is 1.26 bits per heavy atom. The van der Waals surface area contributed by atoms with Gasteiger partial charge in [0.15, 0.2) is 11.5 Å². The van der Waals surface area contributed by atoms with Gasteiger partial charge in [0, 0.05) is 0 Å².